The van der Waals surface area contributed by atoms with Crippen molar-refractivity contribution in [3.63, 3.8) is 0 Å². The van der Waals surface area contributed by atoms with E-state index in [9.17, 15) is 10.2 Å². The van der Waals surface area contributed by atoms with E-state index in [1.54, 1.807) is 26.0 Å². The topological polar surface area (TPSA) is 121 Å². The van der Waals surface area contributed by atoms with Gasteiger partial charge in [0.1, 0.15) is 38.6 Å². The Balaban J connectivity index is 1.61. The van der Waals surface area contributed by atoms with Crippen molar-refractivity contribution in [1.29, 1.82) is 0 Å². The summed E-state index contributed by atoms with van der Waals surface area (Å²) in [5.74, 6) is 1.75. The first-order chi connectivity index (χ1) is 20.9. The van der Waals surface area contributed by atoms with Crippen molar-refractivity contribution >= 4 is 33.6 Å². The largest absolute Gasteiger partial charge is 0.497 e. The average molecular weight is 695 g/mol. The van der Waals surface area contributed by atoms with E-state index in [0.29, 0.717) is 32.1 Å². The Hall–Kier alpha value is -3.78. The summed E-state index contributed by atoms with van der Waals surface area (Å²) in [5, 5.41) is 29.4. The molecule has 0 radical (unpaired) electrons. The first-order valence-corrected chi connectivity index (χ1v) is 14.7. The fourth-order valence-corrected chi connectivity index (χ4v) is 7.07. The second-order valence-corrected chi connectivity index (χ2v) is 11.3. The third-order valence-electron chi connectivity index (χ3n) is 8.29. The smallest absolute Gasteiger partial charge is 0.228 e. The molecule has 43 heavy (non-hydrogen) atoms. The van der Waals surface area contributed by atoms with Gasteiger partial charge in [0, 0.05) is 6.42 Å². The molecule has 3 atom stereocenters. The lowest BCUT2D eigenvalue weighted by molar-refractivity contribution is -0.103. The number of methoxy groups -OCH3 is 3. The molecule has 0 aliphatic carbocycles. The standard InChI is InChI=1S/C32H31IN4O6/c1-40-23-13-9-21(10-14-23)32(20-7-5-4-6-8-20,22-11-15-24(41-2)16-12-22)31(39)17-26(43-25(31)18-38)37-29-27(28(33)36-37)30(42-3)35-19-34-29/h4-16,19,25-26,38-39H,17-18H2,1-3H3/t25-,26-,31+/m1/s1. The van der Waals surface area contributed by atoms with E-state index in [-0.39, 0.29) is 6.42 Å². The lowest BCUT2D eigenvalue weighted by Gasteiger charge is -2.48. The van der Waals surface area contributed by atoms with Crippen LogP contribution in [0.2, 0.25) is 0 Å². The SMILES string of the molecule is COc1ccc(C(c2ccccc2)(c2ccc(OC)cc2)[C@]2(O)C[C@H](n3nc(I)c4c(OC)ncnc43)O[C@@H]2CO)cc1. The molecule has 1 aliphatic rings. The summed E-state index contributed by atoms with van der Waals surface area (Å²) in [5.41, 5.74) is 0.00791. The fraction of sp³-hybridized carbons (Fsp3) is 0.281. The number of aliphatic hydroxyl groups is 2. The minimum Gasteiger partial charge on any atom is -0.497 e. The first kappa shape index (κ1) is 29.3. The van der Waals surface area contributed by atoms with Crippen LogP contribution in [0, 0.1) is 3.70 Å². The summed E-state index contributed by atoms with van der Waals surface area (Å²) in [6, 6.07) is 25.0. The number of benzene rings is 3. The number of aliphatic hydroxyl groups excluding tert-OH is 1. The lowest BCUT2D eigenvalue weighted by Crippen LogP contribution is -2.59. The second-order valence-electron chi connectivity index (χ2n) is 10.3. The van der Waals surface area contributed by atoms with Crippen molar-refractivity contribution in [1.82, 2.24) is 19.7 Å². The van der Waals surface area contributed by atoms with Gasteiger partial charge in [-0.25, -0.2) is 14.6 Å². The molecule has 0 amide bonds. The minimum absolute atomic E-state index is 0.0738. The maximum absolute atomic E-state index is 13.2. The van der Waals surface area contributed by atoms with Gasteiger partial charge in [-0.3, -0.25) is 0 Å². The molecule has 10 nitrogen and oxygen atoms in total. The molecule has 5 aromatic rings. The third-order valence-corrected chi connectivity index (χ3v) is 9.04. The Morgan fingerprint density at radius 1 is 0.884 bits per heavy atom. The molecule has 0 bridgehead atoms. The van der Waals surface area contributed by atoms with Gasteiger partial charge in [-0.15, -0.1) is 0 Å². The van der Waals surface area contributed by atoms with Crippen molar-refractivity contribution < 1.29 is 29.2 Å². The molecule has 3 heterocycles. The van der Waals surface area contributed by atoms with Crippen LogP contribution in [0.1, 0.15) is 29.3 Å². The number of hydrogen-bond acceptors (Lipinski definition) is 9. The number of ether oxygens (including phenoxy) is 4. The highest BCUT2D eigenvalue weighted by atomic mass is 127. The van der Waals surface area contributed by atoms with E-state index in [1.807, 2.05) is 78.9 Å². The molecule has 3 aromatic carbocycles. The minimum atomic E-state index is -1.68. The van der Waals surface area contributed by atoms with Crippen molar-refractivity contribution in [2.24, 2.45) is 0 Å². The van der Waals surface area contributed by atoms with E-state index < -0.39 is 30.0 Å². The maximum atomic E-state index is 13.2. The van der Waals surface area contributed by atoms with Gasteiger partial charge < -0.3 is 29.2 Å². The Bertz CT molecular complexity index is 1670. The van der Waals surface area contributed by atoms with Crippen LogP contribution in [0.25, 0.3) is 11.0 Å². The van der Waals surface area contributed by atoms with Gasteiger partial charge in [0.05, 0.1) is 33.4 Å². The molecule has 1 saturated heterocycles. The summed E-state index contributed by atoms with van der Waals surface area (Å²) in [6.45, 7) is -0.442. The van der Waals surface area contributed by atoms with Crippen LogP contribution in [-0.2, 0) is 10.2 Å². The molecule has 222 valence electrons. The van der Waals surface area contributed by atoms with Crippen molar-refractivity contribution in [2.45, 2.75) is 29.8 Å². The number of nitrogens with zero attached hydrogens (tertiary/aromatic N) is 4. The van der Waals surface area contributed by atoms with Gasteiger partial charge in [0.15, 0.2) is 11.9 Å². The zero-order chi connectivity index (χ0) is 30.2. The highest BCUT2D eigenvalue weighted by molar-refractivity contribution is 14.1. The van der Waals surface area contributed by atoms with Gasteiger partial charge in [0.25, 0.3) is 0 Å². The van der Waals surface area contributed by atoms with E-state index in [1.165, 1.54) is 6.33 Å². The van der Waals surface area contributed by atoms with Gasteiger partial charge in [-0.2, -0.15) is 5.10 Å². The number of hydrogen-bond donors (Lipinski definition) is 2. The van der Waals surface area contributed by atoms with Crippen LogP contribution in [0.5, 0.6) is 17.4 Å². The second kappa shape index (κ2) is 11.7. The monoisotopic (exact) mass is 694 g/mol. The van der Waals surface area contributed by atoms with E-state index in [2.05, 4.69) is 32.6 Å². The number of halogens is 1. The van der Waals surface area contributed by atoms with Crippen molar-refractivity contribution in [3.05, 3.63) is 106 Å². The molecule has 0 unspecified atom stereocenters. The van der Waals surface area contributed by atoms with Gasteiger partial charge in [0.2, 0.25) is 5.88 Å². The molecule has 2 N–H and O–H groups in total. The quantitative estimate of drug-likeness (QED) is 0.170. The van der Waals surface area contributed by atoms with E-state index >= 15 is 0 Å². The zero-order valence-electron chi connectivity index (χ0n) is 23.8. The molecule has 2 aromatic heterocycles. The molecule has 1 fully saturated rings. The average Bonchev–Trinajstić information content (AvgIpc) is 3.59. The Labute approximate surface area is 262 Å². The normalized spacial score (nSPS) is 20.3. The highest BCUT2D eigenvalue weighted by Crippen LogP contribution is 2.56. The van der Waals surface area contributed by atoms with Gasteiger partial charge in [-0.1, -0.05) is 54.6 Å². The summed E-state index contributed by atoms with van der Waals surface area (Å²) in [7, 11) is 4.77. The fourth-order valence-electron chi connectivity index (χ4n) is 6.36. The summed E-state index contributed by atoms with van der Waals surface area (Å²) in [4.78, 5) is 8.71. The van der Waals surface area contributed by atoms with Crippen LogP contribution >= 0.6 is 22.6 Å². The molecular formula is C32H31IN4O6. The van der Waals surface area contributed by atoms with Crippen LogP contribution in [0.3, 0.4) is 0 Å². The number of fused-ring (bicyclic) bond motifs is 1. The van der Waals surface area contributed by atoms with Crippen LogP contribution in [0.4, 0.5) is 0 Å². The third kappa shape index (κ3) is 4.62. The molecular weight excluding hydrogens is 663 g/mol. The van der Waals surface area contributed by atoms with Gasteiger partial charge >= 0.3 is 0 Å². The summed E-state index contributed by atoms with van der Waals surface area (Å²) in [6.07, 6.45) is -0.303. The first-order valence-electron chi connectivity index (χ1n) is 13.7. The summed E-state index contributed by atoms with van der Waals surface area (Å²) >= 11 is 2.11. The molecule has 0 saturated carbocycles. The predicted molar refractivity (Wildman–Crippen MR) is 167 cm³/mol. The lowest BCUT2D eigenvalue weighted by atomic mass is 9.57. The van der Waals surface area contributed by atoms with Gasteiger partial charge in [-0.05, 0) is 63.5 Å². The summed E-state index contributed by atoms with van der Waals surface area (Å²) < 4.78 is 25.2. The van der Waals surface area contributed by atoms with Crippen LogP contribution in [0.15, 0.2) is 85.2 Å². The zero-order valence-corrected chi connectivity index (χ0v) is 26.0. The van der Waals surface area contributed by atoms with Crippen LogP contribution in [-0.4, -0.2) is 69.6 Å². The Morgan fingerprint density at radius 2 is 1.47 bits per heavy atom. The van der Waals surface area contributed by atoms with Crippen LogP contribution < -0.4 is 14.2 Å². The molecule has 1 aliphatic heterocycles. The Kier molecular flexibility index (Phi) is 7.98. The van der Waals surface area contributed by atoms with E-state index in [4.69, 9.17) is 24.0 Å². The maximum Gasteiger partial charge on any atom is 0.228 e. The highest BCUT2D eigenvalue weighted by Gasteiger charge is 2.63. The molecule has 0 spiro atoms. The molecule has 6 rings (SSSR count). The number of aromatic nitrogens is 4. The number of rotatable bonds is 9. The van der Waals surface area contributed by atoms with E-state index in [0.717, 1.165) is 16.7 Å². The van der Waals surface area contributed by atoms with Crippen molar-refractivity contribution in [2.75, 3.05) is 27.9 Å². The van der Waals surface area contributed by atoms with Crippen molar-refractivity contribution in [3.8, 4) is 17.4 Å². The predicted octanol–water partition coefficient (Wildman–Crippen LogP) is 4.50. The molecule has 11 heteroatoms. The Morgan fingerprint density at radius 3 is 2.00 bits per heavy atom.